The van der Waals surface area contributed by atoms with Gasteiger partial charge in [0.1, 0.15) is 28.7 Å². The number of carbonyl (C=O) groups excluding carboxylic acids is 3. The van der Waals surface area contributed by atoms with E-state index in [1.807, 2.05) is 0 Å². The van der Waals surface area contributed by atoms with E-state index in [2.05, 4.69) is 20.9 Å². The molecular formula is C25H15ClF5N5O3. The Balaban J connectivity index is 1.70. The second-order valence-corrected chi connectivity index (χ2v) is 8.91. The summed E-state index contributed by atoms with van der Waals surface area (Å²) in [6, 6.07) is 4.93. The van der Waals surface area contributed by atoms with Crippen LogP contribution in [0.4, 0.5) is 27.6 Å². The minimum Gasteiger partial charge on any atom is -0.354 e. The number of hydrogen-bond donors (Lipinski definition) is 3. The molecule has 4 aromatic rings. The van der Waals surface area contributed by atoms with Crippen molar-refractivity contribution in [3.63, 3.8) is 0 Å². The van der Waals surface area contributed by atoms with Crippen LogP contribution in [0, 0.1) is 11.6 Å². The number of hydrogen-bond acceptors (Lipinski definition) is 4. The predicted molar refractivity (Wildman–Crippen MR) is 129 cm³/mol. The summed E-state index contributed by atoms with van der Waals surface area (Å²) in [4.78, 5) is 42.5. The van der Waals surface area contributed by atoms with Gasteiger partial charge in [-0.2, -0.15) is 13.2 Å². The number of carbonyl (C=O) groups is 3. The summed E-state index contributed by atoms with van der Waals surface area (Å²) >= 11 is 6.28. The van der Waals surface area contributed by atoms with Crippen LogP contribution in [0.15, 0.2) is 48.7 Å². The van der Waals surface area contributed by atoms with Gasteiger partial charge in [0.05, 0.1) is 17.3 Å². The smallest absolute Gasteiger partial charge is 0.354 e. The zero-order chi connectivity index (χ0) is 28.2. The van der Waals surface area contributed by atoms with E-state index in [9.17, 15) is 36.3 Å². The molecule has 1 unspecified atom stereocenters. The van der Waals surface area contributed by atoms with Crippen LogP contribution in [0.5, 0.6) is 0 Å². The summed E-state index contributed by atoms with van der Waals surface area (Å²) < 4.78 is 69.0. The maximum Gasteiger partial charge on any atom is 0.416 e. The van der Waals surface area contributed by atoms with Crippen molar-refractivity contribution in [1.82, 2.24) is 20.0 Å². The van der Waals surface area contributed by atoms with Crippen LogP contribution in [0.1, 0.15) is 54.1 Å². The fraction of sp³-hybridized carbons (Fsp3) is 0.120. The molecular weight excluding hydrogens is 549 g/mol. The van der Waals surface area contributed by atoms with Gasteiger partial charge in [-0.05, 0) is 36.4 Å². The van der Waals surface area contributed by atoms with Gasteiger partial charge >= 0.3 is 6.18 Å². The van der Waals surface area contributed by atoms with Gasteiger partial charge in [-0.1, -0.05) is 11.6 Å². The second-order valence-electron chi connectivity index (χ2n) is 8.51. The number of nitrogens with one attached hydrogen (secondary N) is 3. The summed E-state index contributed by atoms with van der Waals surface area (Å²) in [7, 11) is 1.37. The summed E-state index contributed by atoms with van der Waals surface area (Å²) in [5.41, 5.74) is -2.09. The highest BCUT2D eigenvalue weighted by Crippen LogP contribution is 2.40. The largest absolute Gasteiger partial charge is 0.416 e. The highest BCUT2D eigenvalue weighted by Gasteiger charge is 2.37. The molecule has 14 heteroatoms. The lowest BCUT2D eigenvalue weighted by atomic mass is 9.98. The van der Waals surface area contributed by atoms with Crippen LogP contribution in [0.3, 0.4) is 0 Å². The summed E-state index contributed by atoms with van der Waals surface area (Å²) in [6.07, 6.45) is -3.64. The fourth-order valence-electron chi connectivity index (χ4n) is 4.32. The number of benzene rings is 2. The first-order chi connectivity index (χ1) is 18.4. The number of aromatic nitrogens is 2. The molecule has 0 fully saturated rings. The molecule has 1 aliphatic rings. The molecule has 0 spiro atoms. The van der Waals surface area contributed by atoms with Crippen molar-refractivity contribution in [2.75, 3.05) is 12.4 Å². The molecule has 2 aromatic carbocycles. The first kappa shape index (κ1) is 26.1. The van der Waals surface area contributed by atoms with E-state index in [-0.39, 0.29) is 44.9 Å². The lowest BCUT2D eigenvalue weighted by Crippen LogP contribution is -2.21. The van der Waals surface area contributed by atoms with Crippen molar-refractivity contribution >= 4 is 40.7 Å². The van der Waals surface area contributed by atoms with Crippen molar-refractivity contribution in [2.24, 2.45) is 0 Å². The third-order valence-electron chi connectivity index (χ3n) is 6.04. The molecule has 0 aliphatic carbocycles. The Morgan fingerprint density at radius 2 is 1.79 bits per heavy atom. The number of fused-ring (bicyclic) bond motifs is 3. The summed E-state index contributed by atoms with van der Waals surface area (Å²) in [5, 5.41) is 7.51. The molecule has 2 aromatic heterocycles. The van der Waals surface area contributed by atoms with Gasteiger partial charge in [-0.3, -0.25) is 18.8 Å². The average Bonchev–Trinajstić information content (AvgIpc) is 3.45. The first-order valence-corrected chi connectivity index (χ1v) is 11.5. The Morgan fingerprint density at radius 1 is 1.05 bits per heavy atom. The minimum atomic E-state index is -4.92. The van der Waals surface area contributed by atoms with Gasteiger partial charge in [-0.15, -0.1) is 0 Å². The van der Waals surface area contributed by atoms with Crippen LogP contribution in [-0.4, -0.2) is 34.2 Å². The van der Waals surface area contributed by atoms with Crippen LogP contribution in [0.2, 0.25) is 5.02 Å². The number of pyridine rings is 1. The number of imidazole rings is 1. The van der Waals surface area contributed by atoms with Crippen molar-refractivity contribution in [3.05, 3.63) is 99.0 Å². The minimum absolute atomic E-state index is 0.0269. The quantitative estimate of drug-likeness (QED) is 0.312. The zero-order valence-electron chi connectivity index (χ0n) is 19.6. The van der Waals surface area contributed by atoms with Gasteiger partial charge in [0.25, 0.3) is 17.7 Å². The summed E-state index contributed by atoms with van der Waals surface area (Å²) in [5.74, 6) is -4.37. The third-order valence-corrected chi connectivity index (χ3v) is 6.38. The predicted octanol–water partition coefficient (Wildman–Crippen LogP) is 4.73. The maximum absolute atomic E-state index is 14.1. The standard InChI is InChI=1S/C25H15ClF5N5O3/c1-32-23(38)17-9-36-18(33-17)8-16(34-22(37)10-4-11(25(29,30)31)6-13(28)5-10)19-20(35-24(39)21(19)36)14-7-12(27)2-3-15(14)26/h2-9,20H,1H3,(H,32,38)(H,34,37)(H,35,39). The molecule has 3 heterocycles. The van der Waals surface area contributed by atoms with Crippen molar-refractivity contribution < 1.29 is 36.3 Å². The Kier molecular flexibility index (Phi) is 6.25. The van der Waals surface area contributed by atoms with E-state index < -0.39 is 52.7 Å². The van der Waals surface area contributed by atoms with E-state index >= 15 is 0 Å². The van der Waals surface area contributed by atoms with E-state index in [1.165, 1.54) is 29.8 Å². The maximum atomic E-state index is 14.1. The highest BCUT2D eigenvalue weighted by molar-refractivity contribution is 6.31. The first-order valence-electron chi connectivity index (χ1n) is 11.1. The molecule has 5 rings (SSSR count). The van der Waals surface area contributed by atoms with Crippen molar-refractivity contribution in [3.8, 4) is 0 Å². The van der Waals surface area contributed by atoms with Crippen molar-refractivity contribution in [1.29, 1.82) is 0 Å². The Morgan fingerprint density at radius 3 is 2.49 bits per heavy atom. The monoisotopic (exact) mass is 563 g/mol. The van der Waals surface area contributed by atoms with Gasteiger partial charge in [0.15, 0.2) is 0 Å². The fourth-order valence-corrected chi connectivity index (χ4v) is 4.55. The van der Waals surface area contributed by atoms with Crippen LogP contribution in [-0.2, 0) is 6.18 Å². The molecule has 200 valence electrons. The topological polar surface area (TPSA) is 105 Å². The molecule has 3 amide bonds. The SMILES string of the molecule is CNC(=O)c1cn2c3c(c(NC(=O)c4cc(F)cc(C(F)(F)F)c4)cc2n1)C(c1cc(F)ccc1Cl)NC3=O. The van der Waals surface area contributed by atoms with Crippen molar-refractivity contribution in [2.45, 2.75) is 12.2 Å². The number of alkyl halides is 3. The Bertz CT molecular complexity index is 1700. The Labute approximate surface area is 220 Å². The third kappa shape index (κ3) is 4.65. The molecule has 1 atom stereocenters. The van der Waals surface area contributed by atoms with Gasteiger partial charge in [0.2, 0.25) is 0 Å². The van der Waals surface area contributed by atoms with E-state index in [4.69, 9.17) is 11.6 Å². The average molecular weight is 564 g/mol. The van der Waals surface area contributed by atoms with Gasteiger partial charge < -0.3 is 16.0 Å². The lowest BCUT2D eigenvalue weighted by Gasteiger charge is -2.18. The van der Waals surface area contributed by atoms with E-state index in [1.54, 1.807) is 0 Å². The lowest BCUT2D eigenvalue weighted by molar-refractivity contribution is -0.137. The molecule has 0 bridgehead atoms. The van der Waals surface area contributed by atoms with Gasteiger partial charge in [0, 0.05) is 41.0 Å². The highest BCUT2D eigenvalue weighted by atomic mass is 35.5. The molecule has 0 saturated carbocycles. The molecule has 3 N–H and O–H groups in total. The molecule has 0 radical (unpaired) electrons. The number of anilines is 1. The second kappa shape index (κ2) is 9.34. The summed E-state index contributed by atoms with van der Waals surface area (Å²) in [6.45, 7) is 0. The molecule has 39 heavy (non-hydrogen) atoms. The van der Waals surface area contributed by atoms with E-state index in [0.717, 1.165) is 12.1 Å². The molecule has 1 aliphatic heterocycles. The van der Waals surface area contributed by atoms with Crippen LogP contribution < -0.4 is 16.0 Å². The van der Waals surface area contributed by atoms with Crippen LogP contribution in [0.25, 0.3) is 5.65 Å². The zero-order valence-corrected chi connectivity index (χ0v) is 20.3. The molecule has 8 nitrogen and oxygen atoms in total. The number of amides is 3. The van der Waals surface area contributed by atoms with Crippen LogP contribution >= 0.6 is 11.6 Å². The van der Waals surface area contributed by atoms with E-state index in [0.29, 0.717) is 12.1 Å². The van der Waals surface area contributed by atoms with Gasteiger partial charge in [-0.25, -0.2) is 13.8 Å². The molecule has 0 saturated heterocycles. The number of halogens is 6. The Hall–Kier alpha value is -4.52. The number of rotatable bonds is 4. The normalized spacial score (nSPS) is 14.7. The number of nitrogens with zero attached hydrogens (tertiary/aromatic N) is 2.